The predicted molar refractivity (Wildman–Crippen MR) is 111 cm³/mol. The summed E-state index contributed by atoms with van der Waals surface area (Å²) in [7, 11) is 2.12. The van der Waals surface area contributed by atoms with Crippen LogP contribution in [-0.2, 0) is 0 Å². The molecule has 0 unspecified atom stereocenters. The van der Waals surface area contributed by atoms with Crippen molar-refractivity contribution in [2.24, 2.45) is 0 Å². The second-order valence-electron chi connectivity index (χ2n) is 5.61. The highest BCUT2D eigenvalue weighted by atomic mass is 32.2. The molecule has 0 atom stereocenters. The monoisotopic (exact) mass is 354 g/mol. The van der Waals surface area contributed by atoms with E-state index in [1.807, 2.05) is 6.20 Å². The molecule has 1 aliphatic rings. The minimum atomic E-state index is 0.924. The second-order valence-corrected chi connectivity index (χ2v) is 8.12. The van der Waals surface area contributed by atoms with Crippen LogP contribution in [0.15, 0.2) is 61.3 Å². The Kier molecular flexibility index (Phi) is 5.39. The van der Waals surface area contributed by atoms with Crippen LogP contribution in [0, 0.1) is 6.92 Å². The minimum Gasteiger partial charge on any atom is -0.349 e. The van der Waals surface area contributed by atoms with Gasteiger partial charge in [0.05, 0.1) is 0 Å². The Bertz CT molecular complexity index is 765. The fourth-order valence-electron chi connectivity index (χ4n) is 2.76. The van der Waals surface area contributed by atoms with Crippen molar-refractivity contribution in [1.82, 2.24) is 3.71 Å². The Hall–Kier alpha value is -1.62. The molecular weight excluding hydrogens is 332 g/mol. The zero-order chi connectivity index (χ0) is 17.1. The molecule has 124 valence electrons. The molecule has 1 heterocycles. The van der Waals surface area contributed by atoms with Crippen LogP contribution in [0.4, 0.5) is 5.69 Å². The molecule has 0 aliphatic carbocycles. The number of benzene rings is 2. The summed E-state index contributed by atoms with van der Waals surface area (Å²) < 4.78 is 2.22. The van der Waals surface area contributed by atoms with Gasteiger partial charge in [-0.3, -0.25) is 0 Å². The zero-order valence-electron chi connectivity index (χ0n) is 14.3. The number of hydrogen-bond donors (Lipinski definition) is 0. The Morgan fingerprint density at radius 3 is 2.33 bits per heavy atom. The molecule has 3 rings (SSSR count). The van der Waals surface area contributed by atoms with E-state index in [-0.39, 0.29) is 0 Å². The highest BCUT2D eigenvalue weighted by molar-refractivity contribution is 8.25. The van der Waals surface area contributed by atoms with Crippen LogP contribution in [0.5, 0.6) is 0 Å². The van der Waals surface area contributed by atoms with E-state index >= 15 is 0 Å². The molecule has 2 aromatic rings. The first-order valence-corrected chi connectivity index (χ1v) is 9.58. The van der Waals surface area contributed by atoms with Crippen molar-refractivity contribution in [1.29, 1.82) is 0 Å². The van der Waals surface area contributed by atoms with E-state index in [0.29, 0.717) is 0 Å². The van der Waals surface area contributed by atoms with Gasteiger partial charge in [-0.25, -0.2) is 0 Å². The summed E-state index contributed by atoms with van der Waals surface area (Å²) in [6.07, 6.45) is 1.88. The van der Waals surface area contributed by atoms with Gasteiger partial charge in [0, 0.05) is 29.1 Å². The van der Waals surface area contributed by atoms with Crippen LogP contribution < -0.4 is 4.90 Å². The van der Waals surface area contributed by atoms with E-state index in [4.69, 9.17) is 0 Å². The lowest BCUT2D eigenvalue weighted by Crippen LogP contribution is -2.13. The lowest BCUT2D eigenvalue weighted by Gasteiger charge is -2.18. The first kappa shape index (κ1) is 17.2. The normalized spacial score (nSPS) is 15.0. The van der Waals surface area contributed by atoms with E-state index in [1.165, 1.54) is 32.2 Å². The number of anilines is 1. The number of hydrogen-bond acceptors (Lipinski definition) is 4. The van der Waals surface area contributed by atoms with Gasteiger partial charge in [0.1, 0.15) is 0 Å². The summed E-state index contributed by atoms with van der Waals surface area (Å²) in [5, 5.41) is 0. The van der Waals surface area contributed by atoms with Crippen molar-refractivity contribution >= 4 is 39.4 Å². The highest BCUT2D eigenvalue weighted by Crippen LogP contribution is 2.53. The molecule has 0 saturated heterocycles. The molecule has 2 aromatic carbocycles. The number of nitrogens with zero attached hydrogens (tertiary/aromatic N) is 2. The fourth-order valence-corrected chi connectivity index (χ4v) is 5.06. The Labute approximate surface area is 153 Å². The van der Waals surface area contributed by atoms with Crippen LogP contribution in [0.3, 0.4) is 0 Å². The molecule has 0 radical (unpaired) electrons. The van der Waals surface area contributed by atoms with Gasteiger partial charge >= 0.3 is 0 Å². The Balaban J connectivity index is 2.01. The molecule has 0 fully saturated rings. The van der Waals surface area contributed by atoms with Gasteiger partial charge in [-0.1, -0.05) is 43.0 Å². The third kappa shape index (κ3) is 3.41. The molecule has 4 heteroatoms. The maximum absolute atomic E-state index is 3.88. The largest absolute Gasteiger partial charge is 0.349 e. The van der Waals surface area contributed by atoms with Crippen molar-refractivity contribution in [2.45, 2.75) is 13.8 Å². The number of aryl methyl sites for hydroxylation is 1. The third-order valence-electron chi connectivity index (χ3n) is 4.06. The van der Waals surface area contributed by atoms with Gasteiger partial charge < -0.3 is 4.90 Å². The van der Waals surface area contributed by atoms with E-state index in [9.17, 15) is 0 Å². The molecule has 2 nitrogen and oxygen atoms in total. The summed E-state index contributed by atoms with van der Waals surface area (Å²) in [5.74, 6) is 0. The SMILES string of the molecule is C=CN(CC)c1ccc(C2=C(c3ccccc3C)SN(C)S2)cc1. The number of rotatable bonds is 5. The third-order valence-corrected chi connectivity index (χ3v) is 6.38. The first-order chi connectivity index (χ1) is 11.6. The summed E-state index contributed by atoms with van der Waals surface area (Å²) in [5.41, 5.74) is 5.07. The maximum Gasteiger partial charge on any atom is 0.0469 e. The molecule has 0 spiro atoms. The molecule has 0 saturated carbocycles. The molecule has 1 aliphatic heterocycles. The van der Waals surface area contributed by atoms with Crippen molar-refractivity contribution in [3.05, 3.63) is 78.0 Å². The summed E-state index contributed by atoms with van der Waals surface area (Å²) in [6, 6.07) is 17.4. The van der Waals surface area contributed by atoms with E-state index in [2.05, 4.69) is 84.6 Å². The Morgan fingerprint density at radius 2 is 1.71 bits per heavy atom. The first-order valence-electron chi connectivity index (χ1n) is 8.03. The second kappa shape index (κ2) is 7.51. The van der Waals surface area contributed by atoms with E-state index in [1.54, 1.807) is 23.9 Å². The van der Waals surface area contributed by atoms with Crippen molar-refractivity contribution in [3.63, 3.8) is 0 Å². The lowest BCUT2D eigenvalue weighted by atomic mass is 10.1. The standard InChI is InChI=1S/C20H22N2S2/c1-5-22(6-2)17-13-11-16(12-14-17)19-20(24-21(4)23-19)18-10-8-7-9-15(18)3/h5,7-14H,1,6H2,2-4H3. The molecule has 0 aromatic heterocycles. The average molecular weight is 355 g/mol. The van der Waals surface area contributed by atoms with Gasteiger partial charge in [-0.2, -0.15) is 3.71 Å². The quantitative estimate of drug-likeness (QED) is 0.604. The smallest absolute Gasteiger partial charge is 0.0469 e. The van der Waals surface area contributed by atoms with Crippen LogP contribution in [0.1, 0.15) is 23.6 Å². The van der Waals surface area contributed by atoms with Crippen molar-refractivity contribution in [3.8, 4) is 0 Å². The van der Waals surface area contributed by atoms with Gasteiger partial charge in [0.25, 0.3) is 0 Å². The van der Waals surface area contributed by atoms with Gasteiger partial charge in [-0.05, 0) is 72.8 Å². The molecule has 24 heavy (non-hydrogen) atoms. The predicted octanol–water partition coefficient (Wildman–Crippen LogP) is 6.03. The summed E-state index contributed by atoms with van der Waals surface area (Å²) >= 11 is 3.60. The van der Waals surface area contributed by atoms with Gasteiger partial charge in [0.15, 0.2) is 0 Å². The highest BCUT2D eigenvalue weighted by Gasteiger charge is 2.25. The summed E-state index contributed by atoms with van der Waals surface area (Å²) in [4.78, 5) is 4.80. The van der Waals surface area contributed by atoms with E-state index < -0.39 is 0 Å². The van der Waals surface area contributed by atoms with Crippen molar-refractivity contribution < 1.29 is 0 Å². The fraction of sp³-hybridized carbons (Fsp3) is 0.200. The molecule has 0 amide bonds. The van der Waals surface area contributed by atoms with Gasteiger partial charge in [0.2, 0.25) is 0 Å². The minimum absolute atomic E-state index is 0.924. The summed E-state index contributed by atoms with van der Waals surface area (Å²) in [6.45, 7) is 9.11. The van der Waals surface area contributed by atoms with Crippen LogP contribution in [0.2, 0.25) is 0 Å². The average Bonchev–Trinajstić information content (AvgIpc) is 2.98. The lowest BCUT2D eigenvalue weighted by molar-refractivity contribution is 0.965. The Morgan fingerprint density at radius 1 is 1.04 bits per heavy atom. The molecular formula is C20H22N2S2. The van der Waals surface area contributed by atoms with Crippen LogP contribution in [-0.4, -0.2) is 17.3 Å². The molecule has 0 bridgehead atoms. The maximum atomic E-state index is 3.88. The van der Waals surface area contributed by atoms with Crippen LogP contribution in [0.25, 0.3) is 9.81 Å². The zero-order valence-corrected chi connectivity index (χ0v) is 16.0. The van der Waals surface area contributed by atoms with Crippen molar-refractivity contribution in [2.75, 3.05) is 18.5 Å². The van der Waals surface area contributed by atoms with Gasteiger partial charge in [-0.15, -0.1) is 0 Å². The topological polar surface area (TPSA) is 6.48 Å². The van der Waals surface area contributed by atoms with E-state index in [0.717, 1.165) is 6.54 Å². The molecule has 0 N–H and O–H groups in total. The van der Waals surface area contributed by atoms with Crippen LogP contribution >= 0.6 is 23.9 Å².